The minimum atomic E-state index is -0.638. The Labute approximate surface area is 128 Å². The van der Waals surface area contributed by atoms with E-state index in [0.29, 0.717) is 6.54 Å². The SMILES string of the molecule is Cc1ccc(CNC(=O)Nc2cccc(Cl)c2F)c(C)c1. The number of benzene rings is 2. The maximum atomic E-state index is 13.7. The summed E-state index contributed by atoms with van der Waals surface area (Å²) in [5.41, 5.74) is 3.34. The first-order valence-electron chi connectivity index (χ1n) is 6.52. The standard InChI is InChI=1S/C16H16ClFN2O/c1-10-6-7-12(11(2)8-10)9-19-16(21)20-14-5-3-4-13(17)15(14)18/h3-8H,9H2,1-2H3,(H2,19,20,21). The topological polar surface area (TPSA) is 41.1 Å². The molecule has 0 heterocycles. The van der Waals surface area contributed by atoms with Crippen molar-refractivity contribution < 1.29 is 9.18 Å². The van der Waals surface area contributed by atoms with Gasteiger partial charge in [0.15, 0.2) is 5.82 Å². The number of halogens is 2. The molecule has 0 saturated carbocycles. The number of carbonyl (C=O) groups excluding carboxylic acids is 1. The van der Waals surface area contributed by atoms with Crippen molar-refractivity contribution in [3.8, 4) is 0 Å². The fourth-order valence-corrected chi connectivity index (χ4v) is 2.16. The van der Waals surface area contributed by atoms with Gasteiger partial charge in [-0.1, -0.05) is 41.4 Å². The Balaban J connectivity index is 1.97. The molecule has 2 aromatic carbocycles. The summed E-state index contributed by atoms with van der Waals surface area (Å²) in [5.74, 6) is -0.638. The third-order valence-electron chi connectivity index (χ3n) is 3.14. The van der Waals surface area contributed by atoms with Crippen molar-refractivity contribution in [3.05, 3.63) is 63.9 Å². The van der Waals surface area contributed by atoms with Crippen molar-refractivity contribution in [2.24, 2.45) is 0 Å². The van der Waals surface area contributed by atoms with E-state index in [0.717, 1.165) is 11.1 Å². The van der Waals surface area contributed by atoms with Crippen molar-refractivity contribution in [1.29, 1.82) is 0 Å². The lowest BCUT2D eigenvalue weighted by Gasteiger charge is -2.11. The number of urea groups is 1. The lowest BCUT2D eigenvalue weighted by Crippen LogP contribution is -2.28. The first kappa shape index (κ1) is 15.3. The lowest BCUT2D eigenvalue weighted by atomic mass is 10.1. The summed E-state index contributed by atoms with van der Waals surface area (Å²) in [5, 5.41) is 5.11. The fourth-order valence-electron chi connectivity index (χ4n) is 1.99. The molecule has 0 aliphatic carbocycles. The Bertz CT molecular complexity index is 673. The first-order chi connectivity index (χ1) is 9.97. The smallest absolute Gasteiger partial charge is 0.319 e. The van der Waals surface area contributed by atoms with Crippen LogP contribution < -0.4 is 10.6 Å². The average molecular weight is 307 g/mol. The van der Waals surface area contributed by atoms with Crippen molar-refractivity contribution in [2.45, 2.75) is 20.4 Å². The van der Waals surface area contributed by atoms with E-state index < -0.39 is 11.8 Å². The second-order valence-corrected chi connectivity index (χ2v) is 5.25. The highest BCUT2D eigenvalue weighted by Crippen LogP contribution is 2.21. The van der Waals surface area contributed by atoms with E-state index in [2.05, 4.69) is 10.6 Å². The van der Waals surface area contributed by atoms with Gasteiger partial charge in [0, 0.05) is 6.54 Å². The molecule has 0 aliphatic heterocycles. The van der Waals surface area contributed by atoms with Gasteiger partial charge in [-0.3, -0.25) is 0 Å². The molecule has 0 saturated heterocycles. The van der Waals surface area contributed by atoms with Crippen LogP contribution in [0.4, 0.5) is 14.9 Å². The summed E-state index contributed by atoms with van der Waals surface area (Å²) in [6.07, 6.45) is 0. The van der Waals surface area contributed by atoms with Crippen LogP contribution in [0.15, 0.2) is 36.4 Å². The Morgan fingerprint density at radius 2 is 2.00 bits per heavy atom. The van der Waals surface area contributed by atoms with Gasteiger partial charge in [-0.25, -0.2) is 9.18 Å². The van der Waals surface area contributed by atoms with Gasteiger partial charge in [0.05, 0.1) is 10.7 Å². The molecule has 5 heteroatoms. The Hall–Kier alpha value is -2.07. The van der Waals surface area contributed by atoms with E-state index in [9.17, 15) is 9.18 Å². The minimum Gasteiger partial charge on any atom is -0.334 e. The quantitative estimate of drug-likeness (QED) is 0.866. The summed E-state index contributed by atoms with van der Waals surface area (Å²) in [7, 11) is 0. The van der Waals surface area contributed by atoms with E-state index in [4.69, 9.17) is 11.6 Å². The number of rotatable bonds is 3. The van der Waals surface area contributed by atoms with Crippen LogP contribution in [0, 0.1) is 19.7 Å². The molecule has 2 rings (SSSR count). The zero-order valence-electron chi connectivity index (χ0n) is 11.8. The van der Waals surface area contributed by atoms with E-state index in [1.165, 1.54) is 17.7 Å². The third kappa shape index (κ3) is 3.95. The molecule has 110 valence electrons. The molecule has 21 heavy (non-hydrogen) atoms. The number of carbonyl (C=O) groups is 1. The van der Waals surface area contributed by atoms with Gasteiger partial charge >= 0.3 is 6.03 Å². The molecule has 2 aromatic rings. The predicted molar refractivity (Wildman–Crippen MR) is 83.2 cm³/mol. The van der Waals surface area contributed by atoms with E-state index >= 15 is 0 Å². The van der Waals surface area contributed by atoms with Crippen LogP contribution in [0.3, 0.4) is 0 Å². The summed E-state index contributed by atoms with van der Waals surface area (Å²) >= 11 is 5.66. The Kier molecular flexibility index (Phi) is 4.81. The zero-order valence-corrected chi connectivity index (χ0v) is 12.6. The number of aryl methyl sites for hydroxylation is 2. The Morgan fingerprint density at radius 3 is 2.71 bits per heavy atom. The first-order valence-corrected chi connectivity index (χ1v) is 6.90. The fraction of sp³-hybridized carbons (Fsp3) is 0.188. The average Bonchev–Trinajstić information content (AvgIpc) is 2.43. The number of hydrogen-bond acceptors (Lipinski definition) is 1. The van der Waals surface area contributed by atoms with Gasteiger partial charge in [0.25, 0.3) is 0 Å². The molecule has 0 aliphatic rings. The van der Waals surface area contributed by atoms with E-state index in [1.807, 2.05) is 32.0 Å². The van der Waals surface area contributed by atoms with Crippen LogP contribution in [-0.2, 0) is 6.54 Å². The molecule has 0 spiro atoms. The molecule has 0 bridgehead atoms. The van der Waals surface area contributed by atoms with Gasteiger partial charge in [0.1, 0.15) is 0 Å². The van der Waals surface area contributed by atoms with E-state index in [-0.39, 0.29) is 10.7 Å². The predicted octanol–water partition coefficient (Wildman–Crippen LogP) is 4.42. The molecule has 2 amide bonds. The summed E-state index contributed by atoms with van der Waals surface area (Å²) in [6.45, 7) is 4.37. The molecule has 3 nitrogen and oxygen atoms in total. The van der Waals surface area contributed by atoms with Crippen molar-refractivity contribution in [3.63, 3.8) is 0 Å². The molecular formula is C16H16ClFN2O. The highest BCUT2D eigenvalue weighted by atomic mass is 35.5. The molecule has 2 N–H and O–H groups in total. The van der Waals surface area contributed by atoms with E-state index in [1.54, 1.807) is 6.07 Å². The van der Waals surface area contributed by atoms with Crippen LogP contribution in [0.5, 0.6) is 0 Å². The minimum absolute atomic E-state index is 0.0258. The molecule has 0 atom stereocenters. The van der Waals surface area contributed by atoms with Crippen LogP contribution >= 0.6 is 11.6 Å². The molecule has 0 aromatic heterocycles. The zero-order chi connectivity index (χ0) is 15.4. The summed E-state index contributed by atoms with van der Waals surface area (Å²) < 4.78 is 13.7. The van der Waals surface area contributed by atoms with Gasteiger partial charge in [-0.2, -0.15) is 0 Å². The maximum absolute atomic E-state index is 13.7. The molecular weight excluding hydrogens is 291 g/mol. The van der Waals surface area contributed by atoms with Crippen LogP contribution in [0.1, 0.15) is 16.7 Å². The number of amides is 2. The number of nitrogens with one attached hydrogen (secondary N) is 2. The van der Waals surface area contributed by atoms with Crippen molar-refractivity contribution >= 4 is 23.3 Å². The van der Waals surface area contributed by atoms with Crippen LogP contribution in [-0.4, -0.2) is 6.03 Å². The number of hydrogen-bond donors (Lipinski definition) is 2. The summed E-state index contributed by atoms with van der Waals surface area (Å²) in [4.78, 5) is 11.8. The number of anilines is 1. The lowest BCUT2D eigenvalue weighted by molar-refractivity contribution is 0.251. The second-order valence-electron chi connectivity index (χ2n) is 4.84. The Morgan fingerprint density at radius 1 is 1.24 bits per heavy atom. The second kappa shape index (κ2) is 6.59. The highest BCUT2D eigenvalue weighted by molar-refractivity contribution is 6.31. The summed E-state index contributed by atoms with van der Waals surface area (Å²) in [6, 6.07) is 9.98. The maximum Gasteiger partial charge on any atom is 0.319 e. The molecule has 0 fully saturated rings. The third-order valence-corrected chi connectivity index (χ3v) is 3.43. The van der Waals surface area contributed by atoms with Gasteiger partial charge in [-0.05, 0) is 37.1 Å². The van der Waals surface area contributed by atoms with Gasteiger partial charge < -0.3 is 10.6 Å². The molecule has 0 unspecified atom stereocenters. The normalized spacial score (nSPS) is 10.3. The van der Waals surface area contributed by atoms with Crippen LogP contribution in [0.2, 0.25) is 5.02 Å². The van der Waals surface area contributed by atoms with Crippen molar-refractivity contribution in [1.82, 2.24) is 5.32 Å². The monoisotopic (exact) mass is 306 g/mol. The van der Waals surface area contributed by atoms with Crippen molar-refractivity contribution in [2.75, 3.05) is 5.32 Å². The van der Waals surface area contributed by atoms with Crippen LogP contribution in [0.25, 0.3) is 0 Å². The highest BCUT2D eigenvalue weighted by Gasteiger charge is 2.09. The van der Waals surface area contributed by atoms with Gasteiger partial charge in [-0.15, -0.1) is 0 Å². The van der Waals surface area contributed by atoms with Gasteiger partial charge in [0.2, 0.25) is 0 Å². The molecule has 0 radical (unpaired) electrons. The largest absolute Gasteiger partial charge is 0.334 e.